The van der Waals surface area contributed by atoms with Crippen molar-refractivity contribution >= 4 is 11.8 Å². The van der Waals surface area contributed by atoms with Crippen molar-refractivity contribution in [3.63, 3.8) is 0 Å². The third-order valence-electron chi connectivity index (χ3n) is 2.21. The molecular weight excluding hydrogens is 245 g/mol. The van der Waals surface area contributed by atoms with Gasteiger partial charge < -0.3 is 0 Å². The van der Waals surface area contributed by atoms with E-state index >= 15 is 0 Å². The van der Waals surface area contributed by atoms with Crippen molar-refractivity contribution < 1.29 is 13.2 Å². The van der Waals surface area contributed by atoms with Gasteiger partial charge in [-0.1, -0.05) is 12.1 Å². The Morgan fingerprint density at radius 1 is 0.882 bits per heavy atom. The topological polar surface area (TPSA) is 0 Å². The molecular formula is C13H9F3S. The van der Waals surface area contributed by atoms with Gasteiger partial charge in [0, 0.05) is 16.7 Å². The molecule has 0 bridgehead atoms. The Hall–Kier alpha value is -1.42. The molecule has 0 nitrogen and oxygen atoms in total. The van der Waals surface area contributed by atoms with Gasteiger partial charge in [0.1, 0.15) is 17.5 Å². The summed E-state index contributed by atoms with van der Waals surface area (Å²) in [5.41, 5.74) is 0.403. The van der Waals surface area contributed by atoms with Crippen LogP contribution in [-0.4, -0.2) is 0 Å². The summed E-state index contributed by atoms with van der Waals surface area (Å²) in [6, 6.07) is 9.53. The molecule has 0 saturated carbocycles. The number of thioether (sulfide) groups is 1. The van der Waals surface area contributed by atoms with Crippen molar-refractivity contribution in [1.29, 1.82) is 0 Å². The van der Waals surface area contributed by atoms with Crippen molar-refractivity contribution in [3.8, 4) is 0 Å². The standard InChI is InChI=1S/C13H9F3S/c14-10-2-1-3-12(6-10)17-8-9-4-5-11(15)7-13(9)16/h1-7H,8H2. The molecule has 0 fully saturated rings. The summed E-state index contributed by atoms with van der Waals surface area (Å²) in [5, 5.41) is 0. The average Bonchev–Trinajstić information content (AvgIpc) is 2.28. The lowest BCUT2D eigenvalue weighted by atomic mass is 10.2. The van der Waals surface area contributed by atoms with Gasteiger partial charge in [0.15, 0.2) is 0 Å². The molecule has 0 amide bonds. The van der Waals surface area contributed by atoms with Crippen LogP contribution >= 0.6 is 11.8 Å². The first-order valence-electron chi connectivity index (χ1n) is 4.97. The van der Waals surface area contributed by atoms with Gasteiger partial charge in [0.05, 0.1) is 0 Å². The van der Waals surface area contributed by atoms with Gasteiger partial charge in [-0.2, -0.15) is 0 Å². The van der Waals surface area contributed by atoms with E-state index < -0.39 is 11.6 Å². The molecule has 0 aliphatic rings. The third kappa shape index (κ3) is 3.27. The molecule has 0 N–H and O–H groups in total. The molecule has 0 aliphatic heterocycles. The summed E-state index contributed by atoms with van der Waals surface area (Å²) in [7, 11) is 0. The number of hydrogen-bond acceptors (Lipinski definition) is 1. The first kappa shape index (κ1) is 12.0. The Kier molecular flexibility index (Phi) is 3.74. The van der Waals surface area contributed by atoms with E-state index in [2.05, 4.69) is 0 Å². The van der Waals surface area contributed by atoms with Crippen LogP contribution in [0.15, 0.2) is 47.4 Å². The predicted molar refractivity (Wildman–Crippen MR) is 62.3 cm³/mol. The Morgan fingerprint density at radius 3 is 2.35 bits per heavy atom. The number of hydrogen-bond donors (Lipinski definition) is 0. The highest BCUT2D eigenvalue weighted by Gasteiger charge is 2.04. The van der Waals surface area contributed by atoms with Crippen LogP contribution in [-0.2, 0) is 5.75 Å². The largest absolute Gasteiger partial charge is 0.207 e. The van der Waals surface area contributed by atoms with Crippen molar-refractivity contribution in [2.45, 2.75) is 10.6 Å². The molecule has 0 spiro atoms. The van der Waals surface area contributed by atoms with Gasteiger partial charge in [0.2, 0.25) is 0 Å². The minimum Gasteiger partial charge on any atom is -0.207 e. The van der Waals surface area contributed by atoms with Crippen molar-refractivity contribution in [3.05, 3.63) is 65.5 Å². The molecule has 0 saturated heterocycles. The predicted octanol–water partition coefficient (Wildman–Crippen LogP) is 4.40. The van der Waals surface area contributed by atoms with E-state index in [-0.39, 0.29) is 5.82 Å². The molecule has 0 radical (unpaired) electrons. The zero-order chi connectivity index (χ0) is 12.3. The van der Waals surface area contributed by atoms with Gasteiger partial charge in [0.25, 0.3) is 0 Å². The van der Waals surface area contributed by atoms with Crippen molar-refractivity contribution in [2.75, 3.05) is 0 Å². The van der Waals surface area contributed by atoms with Crippen LogP contribution in [0.5, 0.6) is 0 Å². The van der Waals surface area contributed by atoms with E-state index in [1.54, 1.807) is 12.1 Å². The summed E-state index contributed by atoms with van der Waals surface area (Å²) in [6.45, 7) is 0. The van der Waals surface area contributed by atoms with E-state index in [4.69, 9.17) is 0 Å². The molecule has 2 aromatic carbocycles. The first-order chi connectivity index (χ1) is 8.15. The molecule has 17 heavy (non-hydrogen) atoms. The van der Waals surface area contributed by atoms with Crippen molar-refractivity contribution in [1.82, 2.24) is 0 Å². The average molecular weight is 254 g/mol. The van der Waals surface area contributed by atoms with Crippen molar-refractivity contribution in [2.24, 2.45) is 0 Å². The summed E-state index contributed by atoms with van der Waals surface area (Å²) in [5.74, 6) is -1.15. The number of halogens is 3. The smallest absolute Gasteiger partial charge is 0.130 e. The second-order valence-electron chi connectivity index (χ2n) is 3.48. The molecule has 0 unspecified atom stereocenters. The second-order valence-corrected chi connectivity index (χ2v) is 4.53. The maximum atomic E-state index is 13.3. The van der Waals surface area contributed by atoms with Crippen LogP contribution in [0, 0.1) is 17.5 Å². The minimum atomic E-state index is -0.595. The fourth-order valence-corrected chi connectivity index (χ4v) is 2.28. The Morgan fingerprint density at radius 2 is 1.65 bits per heavy atom. The summed E-state index contributed by atoms with van der Waals surface area (Å²) in [4.78, 5) is 0.716. The highest BCUT2D eigenvalue weighted by Crippen LogP contribution is 2.24. The normalized spacial score (nSPS) is 10.5. The molecule has 0 atom stereocenters. The van der Waals surface area contributed by atoms with Crippen LogP contribution in [0.4, 0.5) is 13.2 Å². The zero-order valence-electron chi connectivity index (χ0n) is 8.79. The van der Waals surface area contributed by atoms with Crippen LogP contribution in [0.3, 0.4) is 0 Å². The lowest BCUT2D eigenvalue weighted by Gasteiger charge is -2.03. The number of benzene rings is 2. The second kappa shape index (κ2) is 5.27. The van der Waals surface area contributed by atoms with Crippen LogP contribution in [0.1, 0.15) is 5.56 Å². The lowest BCUT2D eigenvalue weighted by molar-refractivity contribution is 0.576. The van der Waals surface area contributed by atoms with E-state index in [0.717, 1.165) is 6.07 Å². The van der Waals surface area contributed by atoms with Gasteiger partial charge in [-0.25, -0.2) is 13.2 Å². The van der Waals surface area contributed by atoms with E-state index in [9.17, 15) is 13.2 Å². The first-order valence-corrected chi connectivity index (χ1v) is 5.96. The monoisotopic (exact) mass is 254 g/mol. The Balaban J connectivity index is 2.07. The molecule has 0 heterocycles. The molecule has 4 heteroatoms. The molecule has 2 aromatic rings. The maximum absolute atomic E-state index is 13.3. The molecule has 88 valence electrons. The molecule has 0 aromatic heterocycles. The molecule has 0 aliphatic carbocycles. The highest BCUT2D eigenvalue weighted by molar-refractivity contribution is 7.98. The Bertz CT molecular complexity index is 526. The summed E-state index contributed by atoms with van der Waals surface area (Å²) >= 11 is 1.31. The van der Waals surface area contributed by atoms with Crippen LogP contribution < -0.4 is 0 Å². The maximum Gasteiger partial charge on any atom is 0.130 e. The highest BCUT2D eigenvalue weighted by atomic mass is 32.2. The SMILES string of the molecule is Fc1cccc(SCc2ccc(F)cc2F)c1. The molecule has 2 rings (SSSR count). The fourth-order valence-electron chi connectivity index (χ4n) is 1.36. The van der Waals surface area contributed by atoms with Gasteiger partial charge in [-0.15, -0.1) is 11.8 Å². The van der Waals surface area contributed by atoms with E-state index in [1.165, 1.54) is 36.0 Å². The van der Waals surface area contributed by atoms with Gasteiger partial charge >= 0.3 is 0 Å². The van der Waals surface area contributed by atoms with E-state index in [0.29, 0.717) is 16.2 Å². The zero-order valence-corrected chi connectivity index (χ0v) is 9.61. The van der Waals surface area contributed by atoms with Gasteiger partial charge in [-0.3, -0.25) is 0 Å². The van der Waals surface area contributed by atoms with E-state index in [1.807, 2.05) is 0 Å². The number of rotatable bonds is 3. The van der Waals surface area contributed by atoms with Crippen LogP contribution in [0.2, 0.25) is 0 Å². The quantitative estimate of drug-likeness (QED) is 0.732. The summed E-state index contributed by atoms with van der Waals surface area (Å²) < 4.78 is 38.9. The third-order valence-corrected chi connectivity index (χ3v) is 3.25. The Labute approximate surface area is 101 Å². The summed E-state index contributed by atoms with van der Waals surface area (Å²) in [6.07, 6.45) is 0. The lowest BCUT2D eigenvalue weighted by Crippen LogP contribution is -1.89. The van der Waals surface area contributed by atoms with Crippen LogP contribution in [0.25, 0.3) is 0 Å². The van der Waals surface area contributed by atoms with Gasteiger partial charge in [-0.05, 0) is 29.8 Å². The minimum absolute atomic E-state index is 0.324. The fraction of sp³-hybridized carbons (Fsp3) is 0.0769.